The minimum absolute atomic E-state index is 0.812. The third kappa shape index (κ3) is 1.11. The first kappa shape index (κ1) is 7.93. The molecule has 6 heteroatoms. The van der Waals surface area contributed by atoms with Crippen LogP contribution in [-0.4, -0.2) is 31.1 Å². The topological polar surface area (TPSA) is 56.0 Å². The number of imidazole rings is 1. The van der Waals surface area contributed by atoms with Crippen molar-refractivity contribution < 1.29 is 0 Å². The molecule has 0 fully saturated rings. The molecule has 0 aliphatic carbocycles. The van der Waals surface area contributed by atoms with Crippen LogP contribution in [0.4, 0.5) is 0 Å². The number of hydrogen-bond acceptors (Lipinski definition) is 5. The summed E-state index contributed by atoms with van der Waals surface area (Å²) in [5.74, 6) is 2.07. The molecule has 1 aliphatic heterocycles. The molecular weight excluding hydrogens is 198 g/mol. The molecule has 0 saturated heterocycles. The Kier molecular flexibility index (Phi) is 1.73. The fourth-order valence-corrected chi connectivity index (χ4v) is 2.12. The van der Waals surface area contributed by atoms with Crippen molar-refractivity contribution >= 4 is 28.9 Å². The maximum atomic E-state index is 4.32. The van der Waals surface area contributed by atoms with Gasteiger partial charge in [0.1, 0.15) is 24.0 Å². The maximum absolute atomic E-state index is 4.32. The molecule has 2 aromatic heterocycles. The Morgan fingerprint density at radius 3 is 3.21 bits per heavy atom. The Morgan fingerprint density at radius 2 is 2.36 bits per heavy atom. The number of rotatable bonds is 0. The largest absolute Gasteiger partial charge is 0.270 e. The molecule has 0 N–H and O–H groups in total. The van der Waals surface area contributed by atoms with E-state index in [-0.39, 0.29) is 0 Å². The van der Waals surface area contributed by atoms with Crippen LogP contribution < -0.4 is 0 Å². The Hall–Kier alpha value is -1.43. The van der Waals surface area contributed by atoms with Gasteiger partial charge in [0, 0.05) is 12.2 Å². The lowest BCUT2D eigenvalue weighted by Gasteiger charge is -1.99. The van der Waals surface area contributed by atoms with E-state index in [0.29, 0.717) is 0 Å². The molecule has 0 aromatic carbocycles. The van der Waals surface area contributed by atoms with E-state index in [4.69, 9.17) is 0 Å². The molecule has 0 unspecified atom stereocenters. The van der Waals surface area contributed by atoms with Gasteiger partial charge < -0.3 is 0 Å². The van der Waals surface area contributed by atoms with Gasteiger partial charge in [-0.15, -0.1) is 0 Å². The van der Waals surface area contributed by atoms with Crippen molar-refractivity contribution in [1.29, 1.82) is 0 Å². The van der Waals surface area contributed by atoms with Crippen LogP contribution in [-0.2, 0) is 0 Å². The first-order valence-electron chi connectivity index (χ1n) is 4.27. The Labute approximate surface area is 84.4 Å². The van der Waals surface area contributed by atoms with Gasteiger partial charge in [0.05, 0.1) is 6.20 Å². The van der Waals surface area contributed by atoms with E-state index >= 15 is 0 Å². The Balaban J connectivity index is 2.21. The predicted molar refractivity (Wildman–Crippen MR) is 55.2 cm³/mol. The van der Waals surface area contributed by atoms with Crippen LogP contribution in [0.25, 0.3) is 11.2 Å². The van der Waals surface area contributed by atoms with E-state index in [9.17, 15) is 0 Å². The van der Waals surface area contributed by atoms with E-state index in [2.05, 4.69) is 19.3 Å². The summed E-state index contributed by atoms with van der Waals surface area (Å²) in [4.78, 5) is 12.3. The van der Waals surface area contributed by atoms with Crippen molar-refractivity contribution in [3.63, 3.8) is 0 Å². The molecule has 0 amide bonds. The van der Waals surface area contributed by atoms with Crippen LogP contribution in [0.1, 0.15) is 6.42 Å². The van der Waals surface area contributed by atoms with Gasteiger partial charge >= 0.3 is 0 Å². The van der Waals surface area contributed by atoms with Gasteiger partial charge in [-0.25, -0.2) is 19.3 Å². The zero-order valence-electron chi connectivity index (χ0n) is 7.29. The van der Waals surface area contributed by atoms with Crippen molar-refractivity contribution in [2.24, 2.45) is 4.40 Å². The van der Waals surface area contributed by atoms with Gasteiger partial charge in [-0.3, -0.25) is 4.57 Å². The molecule has 3 heterocycles. The van der Waals surface area contributed by atoms with Crippen LogP contribution in [0, 0.1) is 0 Å². The normalized spacial score (nSPS) is 16.1. The smallest absolute Gasteiger partial charge is 0.168 e. The minimum Gasteiger partial charge on any atom is -0.270 e. The van der Waals surface area contributed by atoms with E-state index in [1.807, 2.05) is 4.57 Å². The van der Waals surface area contributed by atoms with Crippen molar-refractivity contribution in [1.82, 2.24) is 19.5 Å². The van der Waals surface area contributed by atoms with Crippen molar-refractivity contribution in [3.8, 4) is 0 Å². The van der Waals surface area contributed by atoms with E-state index in [1.165, 1.54) is 6.33 Å². The molecule has 0 radical (unpaired) electrons. The van der Waals surface area contributed by atoms with Crippen LogP contribution in [0.15, 0.2) is 23.2 Å². The van der Waals surface area contributed by atoms with Gasteiger partial charge in [-0.2, -0.15) is 0 Å². The van der Waals surface area contributed by atoms with E-state index in [1.54, 1.807) is 24.5 Å². The third-order valence-corrected chi connectivity index (χ3v) is 2.80. The minimum atomic E-state index is 0.812. The second kappa shape index (κ2) is 3.06. The molecule has 5 nitrogen and oxygen atoms in total. The zero-order valence-corrected chi connectivity index (χ0v) is 8.11. The first-order valence-corrected chi connectivity index (χ1v) is 5.22. The van der Waals surface area contributed by atoms with Crippen molar-refractivity contribution in [2.75, 3.05) is 5.75 Å². The Bertz CT molecular complexity index is 503. The number of fused-ring (bicyclic) bond motifs is 1. The van der Waals surface area contributed by atoms with Gasteiger partial charge in [-0.05, 0) is 11.9 Å². The Morgan fingerprint density at radius 1 is 1.36 bits per heavy atom. The molecule has 0 atom stereocenters. The molecule has 2 aromatic rings. The lowest BCUT2D eigenvalue weighted by molar-refractivity contribution is 1.08. The van der Waals surface area contributed by atoms with Gasteiger partial charge in [0.25, 0.3) is 0 Å². The van der Waals surface area contributed by atoms with E-state index < -0.39 is 0 Å². The second-order valence-electron chi connectivity index (χ2n) is 2.94. The molecule has 70 valence electrons. The number of nitrogens with zero attached hydrogens (tertiary/aromatic N) is 5. The maximum Gasteiger partial charge on any atom is 0.168 e. The lowest BCUT2D eigenvalue weighted by Crippen LogP contribution is -2.08. The van der Waals surface area contributed by atoms with Crippen LogP contribution >= 0.6 is 11.9 Å². The highest BCUT2D eigenvalue weighted by Gasteiger charge is 2.13. The summed E-state index contributed by atoms with van der Waals surface area (Å²) >= 11 is 1.58. The van der Waals surface area contributed by atoms with Crippen LogP contribution in [0.5, 0.6) is 0 Å². The summed E-state index contributed by atoms with van der Waals surface area (Å²) in [6, 6.07) is 0. The highest BCUT2D eigenvalue weighted by Crippen LogP contribution is 2.18. The predicted octanol–water partition coefficient (Wildman–Crippen LogP) is 1.12. The first-order chi connectivity index (χ1) is 6.95. The standard InChI is InChI=1S/C8H7N5S/c1-2-14-12-7(1)13-5-11-6-3-9-4-10-8(6)13/h3-5H,1-2H2. The second-order valence-corrected chi connectivity index (χ2v) is 3.79. The average molecular weight is 205 g/mol. The summed E-state index contributed by atoms with van der Waals surface area (Å²) in [5, 5.41) is 0. The molecule has 0 saturated carbocycles. The van der Waals surface area contributed by atoms with Crippen LogP contribution in [0.3, 0.4) is 0 Å². The third-order valence-electron chi connectivity index (χ3n) is 2.08. The molecule has 14 heavy (non-hydrogen) atoms. The summed E-state index contributed by atoms with van der Waals surface area (Å²) in [7, 11) is 0. The lowest BCUT2D eigenvalue weighted by atomic mass is 10.4. The van der Waals surface area contributed by atoms with Gasteiger partial charge in [0.15, 0.2) is 5.65 Å². The fourth-order valence-electron chi connectivity index (χ4n) is 1.42. The van der Waals surface area contributed by atoms with Crippen molar-refractivity contribution in [3.05, 3.63) is 18.9 Å². The molecule has 3 rings (SSSR count). The zero-order chi connectivity index (χ0) is 9.38. The SMILES string of the molecule is c1ncc2ncn(C3=NSCC3)c2n1. The summed E-state index contributed by atoms with van der Waals surface area (Å²) < 4.78 is 6.25. The average Bonchev–Trinajstić information content (AvgIpc) is 2.85. The molecule has 0 spiro atoms. The van der Waals surface area contributed by atoms with E-state index in [0.717, 1.165) is 29.2 Å². The van der Waals surface area contributed by atoms with Crippen molar-refractivity contribution in [2.45, 2.75) is 6.42 Å². The highest BCUT2D eigenvalue weighted by molar-refractivity contribution is 7.98. The summed E-state index contributed by atoms with van der Waals surface area (Å²) in [5.41, 5.74) is 1.65. The van der Waals surface area contributed by atoms with Gasteiger partial charge in [-0.1, -0.05) is 0 Å². The quantitative estimate of drug-likeness (QED) is 0.605. The summed E-state index contributed by atoms with van der Waals surface area (Å²) in [6.45, 7) is 0. The monoisotopic (exact) mass is 205 g/mol. The highest BCUT2D eigenvalue weighted by atomic mass is 32.2. The molecular formula is C8H7N5S. The van der Waals surface area contributed by atoms with Gasteiger partial charge in [0.2, 0.25) is 0 Å². The molecule has 0 bridgehead atoms. The van der Waals surface area contributed by atoms with Crippen LogP contribution in [0.2, 0.25) is 0 Å². The number of hydrogen-bond donors (Lipinski definition) is 0. The molecule has 1 aliphatic rings. The fraction of sp³-hybridized carbons (Fsp3) is 0.250. The summed E-state index contributed by atoms with van der Waals surface area (Å²) in [6.07, 6.45) is 5.97. The number of aromatic nitrogens is 4.